The van der Waals surface area contributed by atoms with Crippen LogP contribution in [0, 0.1) is 6.92 Å². The van der Waals surface area contributed by atoms with Crippen molar-refractivity contribution < 1.29 is 79.7 Å². The minimum Gasteiger partial charge on any atom is -0.505 e. The first-order valence-electron chi connectivity index (χ1n) is 11.1. The van der Waals surface area contributed by atoms with Gasteiger partial charge in [-0.1, -0.05) is 30.0 Å². The standard InChI is InChI=1S/C22H12F17N3OS/c1-9-6-10(14(43)13(7-9)42-40-11-4-2-3-5-12(11)41-42)8-44-22(38,39)20(33,34)18(29,30)16(25,26)15(23,24)17(27,28)19(31,32)21(35,36)37/h2-7,43H,8H2,1H3. The van der Waals surface area contributed by atoms with E-state index in [-0.39, 0.29) is 16.6 Å². The summed E-state index contributed by atoms with van der Waals surface area (Å²) in [6.07, 6.45) is -7.82. The van der Waals surface area contributed by atoms with E-state index in [4.69, 9.17) is 0 Å². The van der Waals surface area contributed by atoms with E-state index in [0.29, 0.717) is 0 Å². The minimum atomic E-state index is -8.70. The average molecular weight is 689 g/mol. The molecule has 3 aromatic rings. The van der Waals surface area contributed by atoms with Crippen LogP contribution in [0.2, 0.25) is 0 Å². The number of hydrogen-bond acceptors (Lipinski definition) is 4. The summed E-state index contributed by atoms with van der Waals surface area (Å²) in [5.74, 6) is -53.2. The Bertz CT molecular complexity index is 1500. The molecular formula is C22H12F17N3OS. The van der Waals surface area contributed by atoms with Gasteiger partial charge < -0.3 is 5.11 Å². The van der Waals surface area contributed by atoms with E-state index >= 15 is 0 Å². The van der Waals surface area contributed by atoms with Crippen LogP contribution in [0.15, 0.2) is 36.4 Å². The lowest BCUT2D eigenvalue weighted by molar-refractivity contribution is -0.458. The smallest absolute Gasteiger partial charge is 0.460 e. The first-order valence-corrected chi connectivity index (χ1v) is 12.1. The number of alkyl halides is 17. The molecule has 1 heterocycles. The van der Waals surface area contributed by atoms with E-state index in [1.165, 1.54) is 31.2 Å². The second-order valence-electron chi connectivity index (χ2n) is 9.02. The topological polar surface area (TPSA) is 50.9 Å². The number of rotatable bonds is 10. The molecule has 0 fully saturated rings. The molecule has 44 heavy (non-hydrogen) atoms. The van der Waals surface area contributed by atoms with Gasteiger partial charge in [-0.05, 0) is 30.7 Å². The maximum atomic E-state index is 14.3. The van der Waals surface area contributed by atoms with Gasteiger partial charge in [-0.2, -0.15) is 74.6 Å². The number of aryl methyl sites for hydroxylation is 1. The van der Waals surface area contributed by atoms with Crippen molar-refractivity contribution in [3.8, 4) is 11.4 Å². The zero-order valence-corrected chi connectivity index (χ0v) is 21.6. The number of nitrogens with zero attached hydrogens (tertiary/aromatic N) is 3. The Kier molecular flexibility index (Phi) is 8.36. The maximum Gasteiger partial charge on any atom is 0.460 e. The van der Waals surface area contributed by atoms with Gasteiger partial charge >= 0.3 is 47.0 Å². The summed E-state index contributed by atoms with van der Waals surface area (Å²) in [7, 11) is 0. The summed E-state index contributed by atoms with van der Waals surface area (Å²) in [6, 6.07) is 7.79. The Morgan fingerprint density at radius 1 is 0.636 bits per heavy atom. The normalized spacial score (nSPS) is 14.9. The molecule has 3 rings (SSSR count). The summed E-state index contributed by atoms with van der Waals surface area (Å²) in [6.45, 7) is 1.22. The highest BCUT2D eigenvalue weighted by molar-refractivity contribution is 7.99. The largest absolute Gasteiger partial charge is 0.505 e. The van der Waals surface area contributed by atoms with Gasteiger partial charge in [0, 0.05) is 11.3 Å². The molecule has 0 saturated carbocycles. The third kappa shape index (κ3) is 5.05. The van der Waals surface area contributed by atoms with Crippen molar-refractivity contribution in [3.05, 3.63) is 47.5 Å². The number of phenols is 1. The van der Waals surface area contributed by atoms with Crippen LogP contribution in [0.3, 0.4) is 0 Å². The highest BCUT2D eigenvalue weighted by Crippen LogP contribution is 2.65. The second kappa shape index (κ2) is 10.4. The fourth-order valence-electron chi connectivity index (χ4n) is 3.47. The van der Waals surface area contributed by atoms with Crippen molar-refractivity contribution >= 4 is 22.8 Å². The van der Waals surface area contributed by atoms with Crippen molar-refractivity contribution in [3.63, 3.8) is 0 Å². The highest BCUT2D eigenvalue weighted by atomic mass is 32.2. The second-order valence-corrected chi connectivity index (χ2v) is 10.1. The highest BCUT2D eigenvalue weighted by Gasteiger charge is 2.95. The summed E-state index contributed by atoms with van der Waals surface area (Å²) in [4.78, 5) is 0.724. The molecular weight excluding hydrogens is 677 g/mol. The predicted molar refractivity (Wildman–Crippen MR) is 117 cm³/mol. The molecule has 2 aromatic carbocycles. The lowest BCUT2D eigenvalue weighted by Gasteiger charge is -2.42. The third-order valence-electron chi connectivity index (χ3n) is 5.92. The fraction of sp³-hybridized carbons (Fsp3) is 0.455. The van der Waals surface area contributed by atoms with E-state index in [1.807, 2.05) is 0 Å². The first-order chi connectivity index (χ1) is 19.6. The van der Waals surface area contributed by atoms with E-state index in [1.54, 1.807) is 0 Å². The molecule has 0 aliphatic carbocycles. The van der Waals surface area contributed by atoms with Crippen LogP contribution in [0.25, 0.3) is 16.7 Å². The monoisotopic (exact) mass is 689 g/mol. The third-order valence-corrected chi connectivity index (χ3v) is 6.99. The van der Waals surface area contributed by atoms with Crippen LogP contribution in [0.4, 0.5) is 74.6 Å². The Labute approximate surface area is 236 Å². The van der Waals surface area contributed by atoms with Gasteiger partial charge in [0.2, 0.25) is 0 Å². The summed E-state index contributed by atoms with van der Waals surface area (Å²) in [5, 5.41) is 11.7. The number of aromatic nitrogens is 3. The predicted octanol–water partition coefficient (Wildman–Crippen LogP) is 8.63. The number of benzene rings is 2. The Morgan fingerprint density at radius 3 is 1.48 bits per heavy atom. The number of halogens is 17. The zero-order chi connectivity index (χ0) is 34.1. The number of fused-ring (bicyclic) bond motifs is 1. The van der Waals surface area contributed by atoms with Crippen LogP contribution >= 0.6 is 11.8 Å². The van der Waals surface area contributed by atoms with Crippen molar-refractivity contribution in [2.75, 3.05) is 0 Å². The van der Waals surface area contributed by atoms with Crippen molar-refractivity contribution in [1.29, 1.82) is 0 Å². The molecule has 22 heteroatoms. The molecule has 1 aromatic heterocycles. The van der Waals surface area contributed by atoms with Crippen LogP contribution in [0.5, 0.6) is 5.75 Å². The number of aromatic hydroxyl groups is 1. The van der Waals surface area contributed by atoms with Crippen LogP contribution < -0.4 is 0 Å². The summed E-state index contributed by atoms with van der Waals surface area (Å²) in [5.41, 5.74) is -0.771. The van der Waals surface area contributed by atoms with Gasteiger partial charge in [-0.3, -0.25) is 0 Å². The summed E-state index contributed by atoms with van der Waals surface area (Å²) >= 11 is -1.73. The lowest BCUT2D eigenvalue weighted by atomic mass is 9.91. The van der Waals surface area contributed by atoms with Gasteiger partial charge in [0.1, 0.15) is 22.5 Å². The number of phenolic OH excluding ortho intramolecular Hbond substituents is 1. The van der Waals surface area contributed by atoms with E-state index in [9.17, 15) is 79.7 Å². The number of thioether (sulfide) groups is 1. The van der Waals surface area contributed by atoms with Gasteiger partial charge in [0.25, 0.3) is 0 Å². The SMILES string of the molecule is Cc1cc(CSC(F)(F)C(F)(F)C(F)(F)C(F)(F)C(F)(F)C(F)(F)C(F)(F)C(F)(F)F)c(O)c(-n2nc3ccccc3n2)c1. The van der Waals surface area contributed by atoms with Gasteiger partial charge in [0.05, 0.1) is 0 Å². The molecule has 0 spiro atoms. The average Bonchev–Trinajstić information content (AvgIpc) is 3.31. The molecule has 0 bridgehead atoms. The molecule has 4 nitrogen and oxygen atoms in total. The lowest BCUT2D eigenvalue weighted by Crippen LogP contribution is -2.74. The Balaban J connectivity index is 1.98. The Morgan fingerprint density at radius 2 is 1.05 bits per heavy atom. The maximum absolute atomic E-state index is 14.3. The zero-order valence-electron chi connectivity index (χ0n) is 20.8. The molecule has 0 atom stereocenters. The molecule has 1 N–H and O–H groups in total. The first kappa shape index (κ1) is 35.3. The Hall–Kier alpha value is -3.20. The minimum absolute atomic E-state index is 0.0363. The fourth-order valence-corrected chi connectivity index (χ4v) is 4.34. The van der Waals surface area contributed by atoms with E-state index in [0.717, 1.165) is 16.9 Å². The molecule has 0 aliphatic rings. The molecule has 246 valence electrons. The number of hydrogen-bond donors (Lipinski definition) is 1. The van der Waals surface area contributed by atoms with E-state index < -0.39 is 81.5 Å². The quantitative estimate of drug-likeness (QED) is 0.217. The molecule has 0 saturated heterocycles. The van der Waals surface area contributed by atoms with E-state index in [2.05, 4.69) is 10.2 Å². The summed E-state index contributed by atoms with van der Waals surface area (Å²) < 4.78 is 229. The molecule has 0 aliphatic heterocycles. The van der Waals surface area contributed by atoms with Crippen molar-refractivity contribution in [2.24, 2.45) is 0 Å². The molecule has 0 amide bonds. The van der Waals surface area contributed by atoms with Crippen LogP contribution in [-0.4, -0.2) is 67.1 Å². The van der Waals surface area contributed by atoms with Crippen LogP contribution in [0.1, 0.15) is 11.1 Å². The molecule has 0 unspecified atom stereocenters. The van der Waals surface area contributed by atoms with Crippen molar-refractivity contribution in [2.45, 2.75) is 59.6 Å². The molecule has 0 radical (unpaired) electrons. The van der Waals surface area contributed by atoms with Gasteiger partial charge in [0.15, 0.2) is 0 Å². The van der Waals surface area contributed by atoms with Crippen LogP contribution in [-0.2, 0) is 5.75 Å². The van der Waals surface area contributed by atoms with Gasteiger partial charge in [-0.15, -0.1) is 15.0 Å². The van der Waals surface area contributed by atoms with Gasteiger partial charge in [-0.25, -0.2) is 0 Å². The van der Waals surface area contributed by atoms with Crippen molar-refractivity contribution in [1.82, 2.24) is 15.0 Å².